The molecule has 2 heterocycles. The minimum Gasteiger partial charge on any atom is -0.349 e. The van der Waals surface area contributed by atoms with Crippen molar-refractivity contribution in [1.29, 1.82) is 0 Å². The van der Waals surface area contributed by atoms with E-state index in [1.165, 1.54) is 16.9 Å². The van der Waals surface area contributed by atoms with Gasteiger partial charge in [0.15, 0.2) is 0 Å². The molecule has 1 fully saturated rings. The Hall–Kier alpha value is -1.31. The molecule has 1 N–H and O–H groups in total. The van der Waals surface area contributed by atoms with Gasteiger partial charge in [-0.25, -0.2) is 0 Å². The predicted octanol–water partition coefficient (Wildman–Crippen LogP) is 4.33. The highest BCUT2D eigenvalue weighted by Gasteiger charge is 2.24. The average Bonchev–Trinajstić information content (AvgIpc) is 3.16. The Balaban J connectivity index is 1.44. The number of hydrogen-bond donors (Lipinski definition) is 1. The largest absolute Gasteiger partial charge is 0.349 e. The molecule has 2 aromatic rings. The molecule has 0 saturated carbocycles. The molecule has 4 nitrogen and oxygen atoms in total. The molecule has 1 aromatic carbocycles. The second kappa shape index (κ2) is 9.06. The van der Waals surface area contributed by atoms with Gasteiger partial charge in [-0.3, -0.25) is 9.59 Å². The van der Waals surface area contributed by atoms with Crippen LogP contribution < -0.4 is 5.32 Å². The first-order chi connectivity index (χ1) is 12.5. The molecule has 1 aromatic heterocycles. The van der Waals surface area contributed by atoms with E-state index in [2.05, 4.69) is 34.2 Å². The highest BCUT2D eigenvalue weighted by Crippen LogP contribution is 2.26. The lowest BCUT2D eigenvalue weighted by Gasteiger charge is -2.32. The number of aryl methyl sites for hydroxylation is 1. The van der Waals surface area contributed by atoms with Crippen LogP contribution in [-0.4, -0.2) is 41.6 Å². The Morgan fingerprint density at radius 1 is 1.31 bits per heavy atom. The van der Waals surface area contributed by atoms with Gasteiger partial charge in [-0.1, -0.05) is 15.9 Å². The minimum absolute atomic E-state index is 0.0164. The van der Waals surface area contributed by atoms with Gasteiger partial charge >= 0.3 is 0 Å². The summed E-state index contributed by atoms with van der Waals surface area (Å²) in [5.41, 5.74) is 1.89. The van der Waals surface area contributed by atoms with Crippen molar-refractivity contribution in [1.82, 2.24) is 10.2 Å². The number of benzene rings is 1. The Kier molecular flexibility index (Phi) is 6.78. The van der Waals surface area contributed by atoms with E-state index in [1.54, 1.807) is 11.8 Å². The smallest absolute Gasteiger partial charge is 0.252 e. The normalized spacial score (nSPS) is 15.1. The maximum absolute atomic E-state index is 12.5. The zero-order valence-electron chi connectivity index (χ0n) is 14.5. The van der Waals surface area contributed by atoms with E-state index < -0.39 is 0 Å². The molecule has 1 aliphatic heterocycles. The fraction of sp³-hybridized carbons (Fsp3) is 0.368. The Morgan fingerprint density at radius 2 is 2.08 bits per heavy atom. The van der Waals surface area contributed by atoms with E-state index in [1.807, 2.05) is 33.9 Å². The Morgan fingerprint density at radius 3 is 2.73 bits per heavy atom. The van der Waals surface area contributed by atoms with Crippen LogP contribution in [0.1, 0.15) is 28.8 Å². The average molecular weight is 453 g/mol. The maximum Gasteiger partial charge on any atom is 0.252 e. The van der Waals surface area contributed by atoms with Gasteiger partial charge in [-0.2, -0.15) is 11.3 Å². The number of thiophene rings is 1. The summed E-state index contributed by atoms with van der Waals surface area (Å²) < 4.78 is 1.05. The standard InChI is InChI=1S/C19H21BrN2O2S2/c1-13-10-15(20)2-3-17(13)26-12-18(23)22-7-4-16(5-8-22)21-19(24)14-6-9-25-11-14/h2-3,6,9-11,16H,4-5,7-8,12H2,1H3,(H,21,24). The maximum atomic E-state index is 12.5. The van der Waals surface area contributed by atoms with Crippen LogP contribution in [0.15, 0.2) is 44.4 Å². The number of piperidine rings is 1. The van der Waals surface area contributed by atoms with Crippen LogP contribution in [0.5, 0.6) is 0 Å². The summed E-state index contributed by atoms with van der Waals surface area (Å²) in [6.07, 6.45) is 1.62. The number of thioether (sulfide) groups is 1. The molecular formula is C19H21BrN2O2S2. The summed E-state index contributed by atoms with van der Waals surface area (Å²) in [5, 5.41) is 6.83. The summed E-state index contributed by atoms with van der Waals surface area (Å²) in [5.74, 6) is 0.603. The molecule has 3 rings (SSSR count). The predicted molar refractivity (Wildman–Crippen MR) is 111 cm³/mol. The van der Waals surface area contributed by atoms with E-state index in [0.717, 1.165) is 27.8 Å². The van der Waals surface area contributed by atoms with Crippen LogP contribution in [0.25, 0.3) is 0 Å². The molecule has 26 heavy (non-hydrogen) atoms. The lowest BCUT2D eigenvalue weighted by molar-refractivity contribution is -0.129. The van der Waals surface area contributed by atoms with Crippen LogP contribution >= 0.6 is 39.0 Å². The van der Waals surface area contributed by atoms with Crippen LogP contribution in [0.2, 0.25) is 0 Å². The van der Waals surface area contributed by atoms with Gasteiger partial charge in [0.1, 0.15) is 0 Å². The SMILES string of the molecule is Cc1cc(Br)ccc1SCC(=O)N1CCC(NC(=O)c2ccsc2)CC1. The van der Waals surface area contributed by atoms with E-state index in [0.29, 0.717) is 18.8 Å². The van der Waals surface area contributed by atoms with Crippen molar-refractivity contribution in [2.24, 2.45) is 0 Å². The molecule has 1 saturated heterocycles. The van der Waals surface area contributed by atoms with Crippen LogP contribution in [0.4, 0.5) is 0 Å². The zero-order chi connectivity index (χ0) is 18.5. The van der Waals surface area contributed by atoms with Crippen molar-refractivity contribution in [3.05, 3.63) is 50.6 Å². The third-order valence-electron chi connectivity index (χ3n) is 4.45. The van der Waals surface area contributed by atoms with Gasteiger partial charge in [-0.05, 0) is 55.0 Å². The number of rotatable bonds is 5. The lowest BCUT2D eigenvalue weighted by Crippen LogP contribution is -2.47. The van der Waals surface area contributed by atoms with Crippen molar-refractivity contribution in [3.63, 3.8) is 0 Å². The third-order valence-corrected chi connectivity index (χ3v) is 6.79. The Labute approximate surface area is 170 Å². The zero-order valence-corrected chi connectivity index (χ0v) is 17.8. The summed E-state index contributed by atoms with van der Waals surface area (Å²) in [4.78, 5) is 27.6. The number of carbonyl (C=O) groups excluding carboxylic acids is 2. The minimum atomic E-state index is -0.0164. The van der Waals surface area contributed by atoms with Crippen molar-refractivity contribution in [2.75, 3.05) is 18.8 Å². The number of likely N-dealkylation sites (tertiary alicyclic amines) is 1. The van der Waals surface area contributed by atoms with Gasteiger partial charge in [-0.15, -0.1) is 11.8 Å². The second-order valence-corrected chi connectivity index (χ2v) is 9.05. The molecule has 0 atom stereocenters. The molecular weight excluding hydrogens is 432 g/mol. The fourth-order valence-electron chi connectivity index (χ4n) is 2.94. The molecule has 0 spiro atoms. The lowest BCUT2D eigenvalue weighted by atomic mass is 10.0. The van der Waals surface area contributed by atoms with Crippen LogP contribution in [-0.2, 0) is 4.79 Å². The monoisotopic (exact) mass is 452 g/mol. The Bertz CT molecular complexity index is 772. The molecule has 7 heteroatoms. The highest BCUT2D eigenvalue weighted by molar-refractivity contribution is 9.10. The van der Waals surface area contributed by atoms with E-state index in [-0.39, 0.29) is 17.9 Å². The molecule has 0 aliphatic carbocycles. The van der Waals surface area contributed by atoms with E-state index in [9.17, 15) is 9.59 Å². The summed E-state index contributed by atoms with van der Waals surface area (Å²) in [6.45, 7) is 3.46. The van der Waals surface area contributed by atoms with Gasteiger partial charge in [0.25, 0.3) is 5.91 Å². The van der Waals surface area contributed by atoms with Crippen LogP contribution in [0.3, 0.4) is 0 Å². The first kappa shape index (κ1) is 19.5. The van der Waals surface area contributed by atoms with Crippen molar-refractivity contribution >= 4 is 50.8 Å². The fourth-order valence-corrected chi connectivity index (χ4v) is 4.97. The number of nitrogens with zero attached hydrogens (tertiary/aromatic N) is 1. The number of carbonyl (C=O) groups is 2. The van der Waals surface area contributed by atoms with Crippen molar-refractivity contribution in [2.45, 2.75) is 30.7 Å². The first-order valence-corrected chi connectivity index (χ1v) is 11.2. The van der Waals surface area contributed by atoms with Gasteiger partial charge in [0, 0.05) is 39.4 Å². The molecule has 1 aliphatic rings. The second-order valence-electron chi connectivity index (χ2n) is 6.34. The number of halogens is 1. The van der Waals surface area contributed by atoms with Crippen molar-refractivity contribution < 1.29 is 9.59 Å². The van der Waals surface area contributed by atoms with Crippen LogP contribution in [0, 0.1) is 6.92 Å². The number of nitrogens with one attached hydrogen (secondary N) is 1. The van der Waals surface area contributed by atoms with Gasteiger partial charge in [0.05, 0.1) is 5.75 Å². The third kappa shape index (κ3) is 5.11. The molecule has 138 valence electrons. The number of amides is 2. The summed E-state index contributed by atoms with van der Waals surface area (Å²) in [7, 11) is 0. The number of hydrogen-bond acceptors (Lipinski definition) is 4. The topological polar surface area (TPSA) is 49.4 Å². The molecule has 0 unspecified atom stereocenters. The van der Waals surface area contributed by atoms with Crippen molar-refractivity contribution in [3.8, 4) is 0 Å². The van der Waals surface area contributed by atoms with Gasteiger partial charge < -0.3 is 10.2 Å². The van der Waals surface area contributed by atoms with E-state index >= 15 is 0 Å². The molecule has 0 bridgehead atoms. The summed E-state index contributed by atoms with van der Waals surface area (Å²) in [6, 6.07) is 8.09. The molecule has 2 amide bonds. The highest BCUT2D eigenvalue weighted by atomic mass is 79.9. The first-order valence-electron chi connectivity index (χ1n) is 8.52. The molecule has 0 radical (unpaired) electrons. The summed E-state index contributed by atoms with van der Waals surface area (Å²) >= 11 is 6.57. The quantitative estimate of drug-likeness (QED) is 0.686. The van der Waals surface area contributed by atoms with E-state index in [4.69, 9.17) is 0 Å². The van der Waals surface area contributed by atoms with Gasteiger partial charge in [0.2, 0.25) is 5.91 Å².